The Balaban J connectivity index is 1.97. The summed E-state index contributed by atoms with van der Waals surface area (Å²) in [7, 11) is 0. The summed E-state index contributed by atoms with van der Waals surface area (Å²) in [5.74, 6) is 0.104. The van der Waals surface area contributed by atoms with Crippen molar-refractivity contribution in [2.24, 2.45) is 0 Å². The fourth-order valence-corrected chi connectivity index (χ4v) is 2.74. The highest BCUT2D eigenvalue weighted by Gasteiger charge is 2.20. The van der Waals surface area contributed by atoms with E-state index in [-0.39, 0.29) is 19.1 Å². The normalized spacial score (nSPS) is 16.5. The molecule has 1 fully saturated rings. The van der Waals surface area contributed by atoms with Gasteiger partial charge in [0, 0.05) is 45.3 Å². The Kier molecular flexibility index (Phi) is 5.88. The number of piperazine rings is 1. The smallest absolute Gasteiger partial charge is 0.219 e. The molecule has 1 aliphatic heterocycles. The van der Waals surface area contributed by atoms with Crippen molar-refractivity contribution >= 4 is 28.9 Å². The maximum Gasteiger partial charge on any atom is 0.219 e. The van der Waals surface area contributed by atoms with Crippen LogP contribution in [-0.4, -0.2) is 66.5 Å². The van der Waals surface area contributed by atoms with Gasteiger partial charge >= 0.3 is 0 Å². The molecule has 1 atom stereocenters. The quantitative estimate of drug-likeness (QED) is 0.745. The first-order valence-corrected chi connectivity index (χ1v) is 7.72. The number of anilines is 2. The summed E-state index contributed by atoms with van der Waals surface area (Å²) in [5, 5.41) is 21.8. The average Bonchev–Trinajstić information content (AvgIpc) is 2.52. The molecule has 22 heavy (non-hydrogen) atoms. The van der Waals surface area contributed by atoms with E-state index < -0.39 is 6.10 Å². The molecule has 2 rings (SSSR count). The highest BCUT2D eigenvalue weighted by Crippen LogP contribution is 2.29. The van der Waals surface area contributed by atoms with E-state index in [4.69, 9.17) is 16.7 Å². The number of benzene rings is 1. The van der Waals surface area contributed by atoms with Crippen molar-refractivity contribution < 1.29 is 15.0 Å². The molecule has 3 N–H and O–H groups in total. The molecule has 1 aliphatic rings. The number of hydrogen-bond donors (Lipinski definition) is 3. The largest absolute Gasteiger partial charge is 0.394 e. The van der Waals surface area contributed by atoms with Crippen molar-refractivity contribution in [3.8, 4) is 0 Å². The Morgan fingerprint density at radius 2 is 2.05 bits per heavy atom. The van der Waals surface area contributed by atoms with Crippen LogP contribution >= 0.6 is 11.6 Å². The topological polar surface area (TPSA) is 76.0 Å². The lowest BCUT2D eigenvalue weighted by molar-refractivity contribution is -0.129. The molecule has 1 unspecified atom stereocenters. The molecule has 0 bridgehead atoms. The maximum atomic E-state index is 11.3. The van der Waals surface area contributed by atoms with E-state index in [0.717, 1.165) is 24.5 Å². The number of hydrogen-bond acceptors (Lipinski definition) is 5. The standard InChI is InChI=1S/C15H22ClN3O3/c1-11(21)18-4-6-19(7-5-18)15-3-2-12(8-14(15)16)17-9-13(22)10-20/h2-3,8,13,17,20,22H,4-7,9-10H2,1H3. The van der Waals surface area contributed by atoms with Crippen LogP contribution in [0.3, 0.4) is 0 Å². The number of amides is 1. The minimum atomic E-state index is -0.793. The summed E-state index contributed by atoms with van der Waals surface area (Å²) in [6, 6.07) is 5.63. The molecule has 0 aliphatic carbocycles. The van der Waals surface area contributed by atoms with Crippen LogP contribution in [0.25, 0.3) is 0 Å². The minimum absolute atomic E-state index is 0.104. The Morgan fingerprint density at radius 3 is 2.59 bits per heavy atom. The van der Waals surface area contributed by atoms with E-state index in [2.05, 4.69) is 10.2 Å². The Bertz CT molecular complexity index is 519. The van der Waals surface area contributed by atoms with Crippen LogP contribution in [0.2, 0.25) is 5.02 Å². The second kappa shape index (κ2) is 7.67. The first-order valence-electron chi connectivity index (χ1n) is 7.34. The molecule has 1 heterocycles. The van der Waals surface area contributed by atoms with Gasteiger partial charge in [-0.15, -0.1) is 0 Å². The van der Waals surface area contributed by atoms with Gasteiger partial charge in [0.1, 0.15) is 0 Å². The predicted molar refractivity (Wildman–Crippen MR) is 87.5 cm³/mol. The van der Waals surface area contributed by atoms with Gasteiger partial charge in [-0.1, -0.05) is 11.6 Å². The van der Waals surface area contributed by atoms with Gasteiger partial charge < -0.3 is 25.3 Å². The van der Waals surface area contributed by atoms with Crippen LogP contribution in [0.15, 0.2) is 18.2 Å². The number of aliphatic hydroxyl groups is 2. The van der Waals surface area contributed by atoms with Gasteiger partial charge in [0.2, 0.25) is 5.91 Å². The van der Waals surface area contributed by atoms with Gasteiger partial charge in [-0.05, 0) is 18.2 Å². The molecule has 1 aromatic carbocycles. The number of carbonyl (C=O) groups excluding carboxylic acids is 1. The summed E-state index contributed by atoms with van der Waals surface area (Å²) in [6.45, 7) is 4.50. The van der Waals surface area contributed by atoms with Crippen LogP contribution in [-0.2, 0) is 4.79 Å². The minimum Gasteiger partial charge on any atom is -0.394 e. The third-order valence-electron chi connectivity index (χ3n) is 3.77. The molecule has 0 saturated carbocycles. The van der Waals surface area contributed by atoms with Crippen molar-refractivity contribution in [1.82, 2.24) is 4.90 Å². The highest BCUT2D eigenvalue weighted by atomic mass is 35.5. The third-order valence-corrected chi connectivity index (χ3v) is 4.07. The molecular formula is C15H22ClN3O3. The number of halogens is 1. The fourth-order valence-electron chi connectivity index (χ4n) is 2.44. The molecular weight excluding hydrogens is 306 g/mol. The SMILES string of the molecule is CC(=O)N1CCN(c2ccc(NCC(O)CO)cc2Cl)CC1. The molecule has 1 aromatic rings. The van der Waals surface area contributed by atoms with Crippen molar-refractivity contribution in [2.45, 2.75) is 13.0 Å². The van der Waals surface area contributed by atoms with E-state index in [1.165, 1.54) is 0 Å². The lowest BCUT2D eigenvalue weighted by atomic mass is 10.2. The Hall–Kier alpha value is -1.50. The maximum absolute atomic E-state index is 11.3. The van der Waals surface area contributed by atoms with Crippen molar-refractivity contribution in [1.29, 1.82) is 0 Å². The van der Waals surface area contributed by atoms with Crippen LogP contribution in [0, 0.1) is 0 Å². The van der Waals surface area contributed by atoms with Crippen LogP contribution in [0.1, 0.15) is 6.92 Å². The molecule has 122 valence electrons. The molecule has 7 heteroatoms. The number of carbonyl (C=O) groups is 1. The monoisotopic (exact) mass is 327 g/mol. The van der Waals surface area contributed by atoms with Crippen molar-refractivity contribution in [2.75, 3.05) is 49.5 Å². The zero-order valence-corrected chi connectivity index (χ0v) is 13.4. The van der Waals surface area contributed by atoms with Gasteiger partial charge in [0.25, 0.3) is 0 Å². The highest BCUT2D eigenvalue weighted by molar-refractivity contribution is 6.33. The number of rotatable bonds is 5. The number of aliphatic hydroxyl groups excluding tert-OH is 2. The van der Waals surface area contributed by atoms with E-state index in [1.54, 1.807) is 13.0 Å². The van der Waals surface area contributed by atoms with Gasteiger partial charge in [0.05, 0.1) is 23.4 Å². The Labute approximate surface area is 135 Å². The summed E-state index contributed by atoms with van der Waals surface area (Å²) >= 11 is 6.34. The van der Waals surface area contributed by atoms with Crippen molar-refractivity contribution in [3.63, 3.8) is 0 Å². The fraction of sp³-hybridized carbons (Fsp3) is 0.533. The molecule has 0 spiro atoms. The van der Waals surface area contributed by atoms with Crippen molar-refractivity contribution in [3.05, 3.63) is 23.2 Å². The first kappa shape index (κ1) is 16.9. The van der Waals surface area contributed by atoms with Crippen LogP contribution in [0.4, 0.5) is 11.4 Å². The first-order chi connectivity index (χ1) is 10.5. The van der Waals surface area contributed by atoms with Gasteiger partial charge in [0.15, 0.2) is 0 Å². The molecule has 1 saturated heterocycles. The summed E-state index contributed by atoms with van der Waals surface area (Å²) < 4.78 is 0. The van der Waals surface area contributed by atoms with Gasteiger partial charge in [-0.2, -0.15) is 0 Å². The van der Waals surface area contributed by atoms with E-state index >= 15 is 0 Å². The Morgan fingerprint density at radius 1 is 1.36 bits per heavy atom. The second-order valence-corrected chi connectivity index (χ2v) is 5.78. The lowest BCUT2D eigenvalue weighted by Crippen LogP contribution is -2.48. The lowest BCUT2D eigenvalue weighted by Gasteiger charge is -2.36. The van der Waals surface area contributed by atoms with E-state index in [1.807, 2.05) is 17.0 Å². The van der Waals surface area contributed by atoms with E-state index in [0.29, 0.717) is 18.1 Å². The summed E-state index contributed by atoms with van der Waals surface area (Å²) in [5.41, 5.74) is 1.74. The molecule has 1 amide bonds. The molecule has 0 radical (unpaired) electrons. The molecule has 6 nitrogen and oxygen atoms in total. The van der Waals surface area contributed by atoms with Crippen LogP contribution < -0.4 is 10.2 Å². The molecule has 0 aromatic heterocycles. The van der Waals surface area contributed by atoms with E-state index in [9.17, 15) is 9.90 Å². The zero-order chi connectivity index (χ0) is 16.1. The average molecular weight is 328 g/mol. The summed E-state index contributed by atoms with van der Waals surface area (Å²) in [6.07, 6.45) is -0.793. The zero-order valence-electron chi connectivity index (χ0n) is 12.6. The predicted octanol–water partition coefficient (Wildman–Crippen LogP) is 0.774. The van der Waals surface area contributed by atoms with Gasteiger partial charge in [-0.3, -0.25) is 4.79 Å². The van der Waals surface area contributed by atoms with Gasteiger partial charge in [-0.25, -0.2) is 0 Å². The second-order valence-electron chi connectivity index (χ2n) is 5.38. The summed E-state index contributed by atoms with van der Waals surface area (Å²) in [4.78, 5) is 15.3. The third kappa shape index (κ3) is 4.25. The van der Waals surface area contributed by atoms with Crippen LogP contribution in [0.5, 0.6) is 0 Å². The number of nitrogens with zero attached hydrogens (tertiary/aromatic N) is 2. The number of nitrogens with one attached hydrogen (secondary N) is 1.